The van der Waals surface area contributed by atoms with Crippen molar-refractivity contribution in [2.24, 2.45) is 5.41 Å². The zero-order chi connectivity index (χ0) is 14.0. The van der Waals surface area contributed by atoms with Crippen LogP contribution < -0.4 is 5.32 Å². The van der Waals surface area contributed by atoms with Crippen molar-refractivity contribution in [3.05, 3.63) is 0 Å². The van der Waals surface area contributed by atoms with E-state index in [2.05, 4.69) is 10.2 Å². The molecule has 0 aromatic heterocycles. The molecule has 0 aromatic rings. The number of likely N-dealkylation sites (tertiary alicyclic amines) is 2. The number of nitrogens with one attached hydrogen (secondary N) is 1. The minimum atomic E-state index is -0.759. The number of amides is 2. The van der Waals surface area contributed by atoms with Crippen LogP contribution in [0.1, 0.15) is 26.2 Å². The van der Waals surface area contributed by atoms with Gasteiger partial charge in [0.1, 0.15) is 0 Å². The van der Waals surface area contributed by atoms with Gasteiger partial charge in [-0.25, -0.2) is 4.79 Å². The fourth-order valence-electron chi connectivity index (χ4n) is 2.74. The lowest BCUT2D eigenvalue weighted by atomic mass is 9.80. The van der Waals surface area contributed by atoms with Crippen molar-refractivity contribution < 1.29 is 14.7 Å². The maximum absolute atomic E-state index is 12.1. The van der Waals surface area contributed by atoms with Crippen LogP contribution in [0.3, 0.4) is 0 Å². The highest BCUT2D eigenvalue weighted by Crippen LogP contribution is 2.31. The molecule has 108 valence electrons. The molecular weight excluding hydrogens is 246 g/mol. The minimum Gasteiger partial charge on any atom is -0.481 e. The highest BCUT2D eigenvalue weighted by molar-refractivity contribution is 5.77. The smallest absolute Gasteiger partial charge is 0.317 e. The third kappa shape index (κ3) is 3.18. The summed E-state index contributed by atoms with van der Waals surface area (Å²) in [5.41, 5.74) is -0.676. The molecule has 19 heavy (non-hydrogen) atoms. The summed E-state index contributed by atoms with van der Waals surface area (Å²) in [6.07, 6.45) is 2.05. The van der Waals surface area contributed by atoms with Gasteiger partial charge in [0.2, 0.25) is 0 Å². The number of carboxylic acids is 1. The van der Waals surface area contributed by atoms with E-state index in [0.29, 0.717) is 25.9 Å². The number of nitrogens with zero attached hydrogens (tertiary/aromatic N) is 2. The first-order valence-corrected chi connectivity index (χ1v) is 6.88. The number of carboxylic acid groups (broad SMARTS) is 1. The molecule has 1 unspecified atom stereocenters. The molecule has 2 fully saturated rings. The number of carbonyl (C=O) groups excluding carboxylic acids is 1. The van der Waals surface area contributed by atoms with Crippen molar-refractivity contribution in [3.8, 4) is 0 Å². The lowest BCUT2D eigenvalue weighted by molar-refractivity contribution is -0.150. The first-order chi connectivity index (χ1) is 8.90. The summed E-state index contributed by atoms with van der Waals surface area (Å²) in [7, 11) is 2.05. The van der Waals surface area contributed by atoms with Gasteiger partial charge >= 0.3 is 12.0 Å². The van der Waals surface area contributed by atoms with Gasteiger partial charge in [0.05, 0.1) is 5.41 Å². The molecule has 2 amide bonds. The largest absolute Gasteiger partial charge is 0.481 e. The van der Waals surface area contributed by atoms with Crippen molar-refractivity contribution in [1.82, 2.24) is 15.1 Å². The Balaban J connectivity index is 1.81. The summed E-state index contributed by atoms with van der Waals surface area (Å²) in [6.45, 7) is 4.72. The zero-order valence-electron chi connectivity index (χ0n) is 11.7. The van der Waals surface area contributed by atoms with Crippen LogP contribution in [0.15, 0.2) is 0 Å². The Morgan fingerprint density at radius 3 is 2.37 bits per heavy atom. The number of hydrogen-bond acceptors (Lipinski definition) is 3. The standard InChI is InChI=1S/C13H23N3O3/c1-13(11(17)18)4-7-16(8-5-13)12(19)14-10-3-6-15(2)9-10/h10H,3-9H2,1-2H3,(H,14,19)(H,17,18). The van der Waals surface area contributed by atoms with Crippen LogP contribution >= 0.6 is 0 Å². The molecule has 2 heterocycles. The Labute approximate surface area is 113 Å². The average molecular weight is 269 g/mol. The van der Waals surface area contributed by atoms with Gasteiger partial charge in [0, 0.05) is 25.7 Å². The summed E-state index contributed by atoms with van der Waals surface area (Å²) < 4.78 is 0. The number of rotatable bonds is 2. The van der Waals surface area contributed by atoms with E-state index in [-0.39, 0.29) is 12.1 Å². The van der Waals surface area contributed by atoms with Gasteiger partial charge < -0.3 is 20.2 Å². The van der Waals surface area contributed by atoms with E-state index < -0.39 is 11.4 Å². The third-order valence-electron chi connectivity index (χ3n) is 4.39. The van der Waals surface area contributed by atoms with Crippen LogP contribution in [0.5, 0.6) is 0 Å². The molecule has 2 aliphatic rings. The van der Waals surface area contributed by atoms with Gasteiger partial charge in [-0.1, -0.05) is 0 Å². The second-order valence-corrected chi connectivity index (χ2v) is 6.05. The molecule has 2 rings (SSSR count). The molecule has 6 heteroatoms. The summed E-state index contributed by atoms with van der Waals surface area (Å²) >= 11 is 0. The van der Waals surface area contributed by atoms with Crippen LogP contribution in [-0.2, 0) is 4.79 Å². The topological polar surface area (TPSA) is 72.9 Å². The Hall–Kier alpha value is -1.30. The number of carbonyl (C=O) groups is 2. The molecule has 2 N–H and O–H groups in total. The molecule has 2 aliphatic heterocycles. The van der Waals surface area contributed by atoms with Crippen molar-refractivity contribution in [2.75, 3.05) is 33.2 Å². The van der Waals surface area contributed by atoms with Crippen molar-refractivity contribution in [2.45, 2.75) is 32.2 Å². The number of urea groups is 1. The van der Waals surface area contributed by atoms with Crippen LogP contribution in [-0.4, -0.2) is 66.2 Å². The number of aliphatic carboxylic acids is 1. The Morgan fingerprint density at radius 1 is 1.26 bits per heavy atom. The predicted molar refractivity (Wildman–Crippen MR) is 71.0 cm³/mol. The van der Waals surface area contributed by atoms with Crippen LogP contribution in [0, 0.1) is 5.41 Å². The molecular formula is C13H23N3O3. The maximum atomic E-state index is 12.1. The normalized spacial score (nSPS) is 27.3. The number of hydrogen-bond donors (Lipinski definition) is 2. The van der Waals surface area contributed by atoms with Gasteiger partial charge in [0.15, 0.2) is 0 Å². The molecule has 0 saturated carbocycles. The SMILES string of the molecule is CN1CCC(NC(=O)N2CCC(C)(C(=O)O)CC2)C1. The molecule has 6 nitrogen and oxygen atoms in total. The van der Waals surface area contributed by atoms with Crippen LogP contribution in [0.2, 0.25) is 0 Å². The fraction of sp³-hybridized carbons (Fsp3) is 0.846. The lowest BCUT2D eigenvalue weighted by Crippen LogP contribution is -2.51. The highest BCUT2D eigenvalue weighted by Gasteiger charge is 2.38. The molecule has 0 aromatic carbocycles. The van der Waals surface area contributed by atoms with Crippen molar-refractivity contribution in [3.63, 3.8) is 0 Å². The van der Waals surface area contributed by atoms with Gasteiger partial charge in [0.25, 0.3) is 0 Å². The monoisotopic (exact) mass is 269 g/mol. The minimum absolute atomic E-state index is 0.0484. The van der Waals surface area contributed by atoms with Gasteiger partial charge in [-0.05, 0) is 39.8 Å². The zero-order valence-corrected chi connectivity index (χ0v) is 11.7. The maximum Gasteiger partial charge on any atom is 0.317 e. The van der Waals surface area contributed by atoms with E-state index in [1.807, 2.05) is 7.05 Å². The molecule has 0 aliphatic carbocycles. The van der Waals surface area contributed by atoms with E-state index in [1.54, 1.807) is 11.8 Å². The average Bonchev–Trinajstić information content (AvgIpc) is 2.75. The predicted octanol–water partition coefficient (Wildman–Crippen LogP) is 0.587. The van der Waals surface area contributed by atoms with Gasteiger partial charge in [-0.2, -0.15) is 0 Å². The van der Waals surface area contributed by atoms with E-state index in [4.69, 9.17) is 5.11 Å². The number of likely N-dealkylation sites (N-methyl/N-ethyl adjacent to an activating group) is 1. The lowest BCUT2D eigenvalue weighted by Gasteiger charge is -2.36. The summed E-state index contributed by atoms with van der Waals surface area (Å²) in [5.74, 6) is -0.759. The Bertz CT molecular complexity index is 364. The van der Waals surface area contributed by atoms with E-state index in [9.17, 15) is 9.59 Å². The van der Waals surface area contributed by atoms with Crippen LogP contribution in [0.4, 0.5) is 4.79 Å². The third-order valence-corrected chi connectivity index (χ3v) is 4.39. The van der Waals surface area contributed by atoms with E-state index >= 15 is 0 Å². The second-order valence-electron chi connectivity index (χ2n) is 6.05. The van der Waals surface area contributed by atoms with E-state index in [0.717, 1.165) is 19.5 Å². The fourth-order valence-corrected chi connectivity index (χ4v) is 2.74. The number of piperidine rings is 1. The van der Waals surface area contributed by atoms with Gasteiger partial charge in [-0.3, -0.25) is 4.79 Å². The highest BCUT2D eigenvalue weighted by atomic mass is 16.4. The summed E-state index contributed by atoms with van der Waals surface area (Å²) in [5, 5.41) is 12.2. The first-order valence-electron chi connectivity index (χ1n) is 6.88. The molecule has 0 spiro atoms. The first kappa shape index (κ1) is 14.1. The van der Waals surface area contributed by atoms with E-state index in [1.165, 1.54) is 0 Å². The summed E-state index contributed by atoms with van der Waals surface area (Å²) in [4.78, 5) is 27.2. The Kier molecular flexibility index (Phi) is 3.99. The molecule has 1 atom stereocenters. The van der Waals surface area contributed by atoms with Crippen molar-refractivity contribution in [1.29, 1.82) is 0 Å². The van der Waals surface area contributed by atoms with Crippen molar-refractivity contribution >= 4 is 12.0 Å². The summed E-state index contributed by atoms with van der Waals surface area (Å²) in [6, 6.07) is 0.179. The molecule has 0 radical (unpaired) electrons. The Morgan fingerprint density at radius 2 is 1.89 bits per heavy atom. The second kappa shape index (κ2) is 5.36. The molecule has 2 saturated heterocycles. The van der Waals surface area contributed by atoms with Gasteiger partial charge in [-0.15, -0.1) is 0 Å². The van der Waals surface area contributed by atoms with Crippen LogP contribution in [0.25, 0.3) is 0 Å². The quantitative estimate of drug-likeness (QED) is 0.769. The molecule has 0 bridgehead atoms.